The van der Waals surface area contributed by atoms with Gasteiger partial charge in [0.25, 0.3) is 0 Å². The van der Waals surface area contributed by atoms with E-state index in [0.717, 1.165) is 11.1 Å². The van der Waals surface area contributed by atoms with Gasteiger partial charge in [0, 0.05) is 25.2 Å². The Balaban J connectivity index is 2.35. The fourth-order valence-corrected chi connectivity index (χ4v) is 1.88. The van der Waals surface area contributed by atoms with E-state index in [1.807, 2.05) is 12.1 Å². The van der Waals surface area contributed by atoms with Gasteiger partial charge in [-0.2, -0.15) is 0 Å². The minimum atomic E-state index is -0.920. The van der Waals surface area contributed by atoms with Gasteiger partial charge >= 0.3 is 0 Å². The molecule has 0 bridgehead atoms. The van der Waals surface area contributed by atoms with Gasteiger partial charge in [-0.1, -0.05) is 6.07 Å². The highest BCUT2D eigenvalue weighted by Gasteiger charge is 2.29. The number of hydrogen-bond acceptors (Lipinski definition) is 3. The van der Waals surface area contributed by atoms with Crippen LogP contribution in [0.2, 0.25) is 0 Å². The monoisotopic (exact) mass is 203 g/mol. The Morgan fingerprint density at radius 3 is 2.87 bits per heavy atom. The van der Waals surface area contributed by atoms with E-state index in [4.69, 9.17) is 0 Å². The molecule has 1 atom stereocenters. The molecule has 1 aromatic rings. The zero-order chi connectivity index (χ0) is 10.9. The van der Waals surface area contributed by atoms with Crippen LogP contribution in [0.15, 0.2) is 30.6 Å². The molecule has 0 radical (unpaired) electrons. The molecule has 3 nitrogen and oxygen atoms in total. The lowest BCUT2D eigenvalue weighted by molar-refractivity contribution is -0.119. The minimum absolute atomic E-state index is 0.0231. The maximum absolute atomic E-state index is 11.4. The van der Waals surface area contributed by atoms with Crippen LogP contribution < -0.4 is 0 Å². The van der Waals surface area contributed by atoms with Gasteiger partial charge < -0.3 is 5.11 Å². The molecule has 1 N–H and O–H groups in total. The lowest BCUT2D eigenvalue weighted by atomic mass is 9.83. The van der Waals surface area contributed by atoms with Crippen LogP contribution in [-0.2, 0) is 4.79 Å². The number of nitrogens with zero attached hydrogens (tertiary/aromatic N) is 1. The average molecular weight is 203 g/mol. The third-order valence-electron chi connectivity index (χ3n) is 2.49. The van der Waals surface area contributed by atoms with E-state index >= 15 is 0 Å². The Morgan fingerprint density at radius 1 is 1.47 bits per heavy atom. The van der Waals surface area contributed by atoms with Gasteiger partial charge in [-0.05, 0) is 30.2 Å². The molecule has 0 aromatic carbocycles. The number of rotatable bonds is 1. The second-order valence-corrected chi connectivity index (χ2v) is 4.23. The number of carbonyl (C=O) groups excluding carboxylic acids is 1. The van der Waals surface area contributed by atoms with Crippen LogP contribution in [0, 0.1) is 0 Å². The highest BCUT2D eigenvalue weighted by atomic mass is 16.3. The predicted octanol–water partition coefficient (Wildman–Crippen LogP) is 1.58. The molecule has 0 spiro atoms. The summed E-state index contributed by atoms with van der Waals surface area (Å²) in [6.07, 6.45) is 5.71. The molecular formula is C12H13NO2. The van der Waals surface area contributed by atoms with Gasteiger partial charge in [-0.15, -0.1) is 0 Å². The average Bonchev–Trinajstić information content (AvgIpc) is 2.16. The Bertz CT molecular complexity index is 407. The summed E-state index contributed by atoms with van der Waals surface area (Å²) in [5.41, 5.74) is 0.854. The third-order valence-corrected chi connectivity index (χ3v) is 2.49. The summed E-state index contributed by atoms with van der Waals surface area (Å²) in [5.74, 6) is -0.0231. The van der Waals surface area contributed by atoms with Gasteiger partial charge in [0.15, 0.2) is 5.78 Å². The summed E-state index contributed by atoms with van der Waals surface area (Å²) in [6.45, 7) is 1.69. The van der Waals surface area contributed by atoms with Crippen molar-refractivity contribution >= 4 is 11.4 Å². The second kappa shape index (κ2) is 3.59. The lowest BCUT2D eigenvalue weighted by Crippen LogP contribution is -2.30. The molecule has 3 heteroatoms. The van der Waals surface area contributed by atoms with Gasteiger partial charge in [0.1, 0.15) is 0 Å². The van der Waals surface area contributed by atoms with Crippen LogP contribution in [0.4, 0.5) is 0 Å². The highest BCUT2D eigenvalue weighted by molar-refractivity contribution is 5.99. The van der Waals surface area contributed by atoms with Gasteiger partial charge in [0.2, 0.25) is 0 Å². The van der Waals surface area contributed by atoms with Crippen molar-refractivity contribution in [2.75, 3.05) is 0 Å². The van der Waals surface area contributed by atoms with Crippen LogP contribution in [0.5, 0.6) is 0 Å². The summed E-state index contributed by atoms with van der Waals surface area (Å²) in [6, 6.07) is 3.72. The van der Waals surface area contributed by atoms with E-state index in [-0.39, 0.29) is 12.2 Å². The van der Waals surface area contributed by atoms with Crippen molar-refractivity contribution in [2.24, 2.45) is 0 Å². The molecule has 0 saturated heterocycles. The molecule has 0 saturated carbocycles. The molecule has 0 amide bonds. The molecule has 0 fully saturated rings. The first-order valence-electron chi connectivity index (χ1n) is 4.93. The van der Waals surface area contributed by atoms with Crippen molar-refractivity contribution in [1.82, 2.24) is 4.98 Å². The van der Waals surface area contributed by atoms with Crippen LogP contribution in [0.25, 0.3) is 5.57 Å². The van der Waals surface area contributed by atoms with E-state index in [2.05, 4.69) is 4.98 Å². The van der Waals surface area contributed by atoms with E-state index in [0.29, 0.717) is 6.42 Å². The van der Waals surface area contributed by atoms with E-state index in [9.17, 15) is 9.90 Å². The molecule has 78 valence electrons. The number of aromatic nitrogens is 1. The van der Waals surface area contributed by atoms with Crippen molar-refractivity contribution in [3.8, 4) is 0 Å². The molecule has 1 aliphatic rings. The Morgan fingerprint density at radius 2 is 2.27 bits per heavy atom. The maximum Gasteiger partial charge on any atom is 0.158 e. The first-order valence-corrected chi connectivity index (χ1v) is 4.93. The largest absolute Gasteiger partial charge is 0.389 e. The van der Waals surface area contributed by atoms with E-state index in [1.165, 1.54) is 0 Å². The van der Waals surface area contributed by atoms with Gasteiger partial charge in [-0.3, -0.25) is 9.78 Å². The zero-order valence-electron chi connectivity index (χ0n) is 8.60. The number of ketones is 1. The van der Waals surface area contributed by atoms with Crippen molar-refractivity contribution in [1.29, 1.82) is 0 Å². The normalized spacial score (nSPS) is 26.3. The van der Waals surface area contributed by atoms with Gasteiger partial charge in [-0.25, -0.2) is 0 Å². The Kier molecular flexibility index (Phi) is 2.40. The van der Waals surface area contributed by atoms with Crippen LogP contribution in [-0.4, -0.2) is 21.5 Å². The standard InChI is InChI=1S/C12H13NO2/c1-12(15)6-10(5-11(14)7-12)9-3-2-4-13-8-9/h2-5,8,15H,6-7H2,1H3/t12-/m0/s1. The highest BCUT2D eigenvalue weighted by Crippen LogP contribution is 2.31. The number of hydrogen-bond donors (Lipinski definition) is 1. The fraction of sp³-hybridized carbons (Fsp3) is 0.333. The smallest absolute Gasteiger partial charge is 0.158 e. The molecule has 0 aliphatic heterocycles. The summed E-state index contributed by atoms with van der Waals surface area (Å²) in [5, 5.41) is 9.89. The molecule has 15 heavy (non-hydrogen) atoms. The second-order valence-electron chi connectivity index (χ2n) is 4.23. The summed E-state index contributed by atoms with van der Waals surface area (Å²) < 4.78 is 0. The van der Waals surface area contributed by atoms with E-state index < -0.39 is 5.60 Å². The first-order chi connectivity index (χ1) is 7.07. The number of allylic oxidation sites excluding steroid dienone is 1. The number of carbonyl (C=O) groups is 1. The zero-order valence-corrected chi connectivity index (χ0v) is 8.60. The number of pyridine rings is 1. The SMILES string of the molecule is C[C@@]1(O)CC(=O)C=C(c2cccnc2)C1. The maximum atomic E-state index is 11.4. The van der Waals surface area contributed by atoms with Crippen molar-refractivity contribution in [3.63, 3.8) is 0 Å². The molecule has 1 heterocycles. The van der Waals surface area contributed by atoms with Crippen LogP contribution >= 0.6 is 0 Å². The van der Waals surface area contributed by atoms with Crippen molar-refractivity contribution in [2.45, 2.75) is 25.4 Å². The fourth-order valence-electron chi connectivity index (χ4n) is 1.88. The first kappa shape index (κ1) is 10.1. The van der Waals surface area contributed by atoms with Crippen molar-refractivity contribution in [3.05, 3.63) is 36.2 Å². The molecule has 1 aliphatic carbocycles. The molecular weight excluding hydrogens is 190 g/mol. The minimum Gasteiger partial charge on any atom is -0.389 e. The summed E-state index contributed by atoms with van der Waals surface area (Å²) in [7, 11) is 0. The quantitative estimate of drug-likeness (QED) is 0.753. The topological polar surface area (TPSA) is 50.2 Å². The van der Waals surface area contributed by atoms with Crippen LogP contribution in [0.3, 0.4) is 0 Å². The molecule has 1 aromatic heterocycles. The summed E-state index contributed by atoms with van der Waals surface area (Å²) in [4.78, 5) is 15.4. The predicted molar refractivity (Wildman–Crippen MR) is 57.1 cm³/mol. The van der Waals surface area contributed by atoms with Gasteiger partial charge in [0.05, 0.1) is 5.60 Å². The van der Waals surface area contributed by atoms with E-state index in [1.54, 1.807) is 25.4 Å². The Labute approximate surface area is 88.5 Å². The molecule has 2 rings (SSSR count). The van der Waals surface area contributed by atoms with Crippen molar-refractivity contribution < 1.29 is 9.90 Å². The third kappa shape index (κ3) is 2.30. The lowest BCUT2D eigenvalue weighted by Gasteiger charge is -2.27. The number of aliphatic hydroxyl groups is 1. The Hall–Kier alpha value is -1.48. The molecule has 0 unspecified atom stereocenters. The van der Waals surface area contributed by atoms with Crippen LogP contribution in [0.1, 0.15) is 25.3 Å². The summed E-state index contributed by atoms with van der Waals surface area (Å²) >= 11 is 0.